The van der Waals surface area contributed by atoms with E-state index in [1.54, 1.807) is 13.8 Å². The van der Waals surface area contributed by atoms with Crippen LogP contribution >= 0.6 is 34.2 Å². The lowest BCUT2D eigenvalue weighted by Crippen LogP contribution is -2.21. The van der Waals surface area contributed by atoms with E-state index in [1.807, 2.05) is 35.0 Å². The number of nitrogens with zero attached hydrogens (tertiary/aromatic N) is 3. The Hall–Kier alpha value is -1.38. The van der Waals surface area contributed by atoms with Crippen LogP contribution in [0, 0.1) is 3.57 Å². The summed E-state index contributed by atoms with van der Waals surface area (Å²) in [6.07, 6.45) is 4.02. The molecule has 0 saturated carbocycles. The van der Waals surface area contributed by atoms with Crippen molar-refractivity contribution in [3.05, 3.63) is 45.5 Å². The van der Waals surface area contributed by atoms with Gasteiger partial charge in [0.2, 0.25) is 0 Å². The highest BCUT2D eigenvalue weighted by molar-refractivity contribution is 14.1. The zero-order valence-electron chi connectivity index (χ0n) is 13.3. The van der Waals surface area contributed by atoms with Gasteiger partial charge in [0.25, 0.3) is 0 Å². The molecule has 7 heteroatoms. The van der Waals surface area contributed by atoms with Crippen LogP contribution in [-0.2, 0) is 0 Å². The summed E-state index contributed by atoms with van der Waals surface area (Å²) in [5.74, 6) is 0.761. The van der Waals surface area contributed by atoms with Crippen molar-refractivity contribution in [3.63, 3.8) is 0 Å². The maximum atomic E-state index is 9.71. The number of hydrogen-bond acceptors (Lipinski definition) is 4. The lowest BCUT2D eigenvalue weighted by molar-refractivity contribution is 0.0553. The molecule has 0 saturated heterocycles. The third-order valence-corrected chi connectivity index (χ3v) is 4.65. The fourth-order valence-corrected chi connectivity index (χ4v) is 3.21. The quantitative estimate of drug-likeness (QED) is 0.460. The van der Waals surface area contributed by atoms with Gasteiger partial charge in [-0.25, -0.2) is 9.97 Å². The Balaban J connectivity index is 1.84. The van der Waals surface area contributed by atoms with Crippen molar-refractivity contribution in [1.29, 1.82) is 0 Å². The predicted octanol–water partition coefficient (Wildman–Crippen LogP) is 4.22. The van der Waals surface area contributed by atoms with E-state index < -0.39 is 5.60 Å². The maximum Gasteiger partial charge on any atom is 0.157 e. The Morgan fingerprint density at radius 1 is 1.25 bits per heavy atom. The van der Waals surface area contributed by atoms with E-state index in [1.165, 1.54) is 6.33 Å². The van der Waals surface area contributed by atoms with Gasteiger partial charge in [0.15, 0.2) is 5.15 Å². The summed E-state index contributed by atoms with van der Waals surface area (Å²) in [7, 11) is 0. The Labute approximate surface area is 158 Å². The van der Waals surface area contributed by atoms with Gasteiger partial charge in [-0.05, 0) is 60.7 Å². The number of hydrogen-bond donors (Lipinski definition) is 1. The Morgan fingerprint density at radius 2 is 1.96 bits per heavy atom. The summed E-state index contributed by atoms with van der Waals surface area (Å²) in [6, 6.07) is 7.71. The van der Waals surface area contributed by atoms with Crippen LogP contribution in [0.15, 0.2) is 36.8 Å². The number of aromatic nitrogens is 3. The molecule has 0 aliphatic heterocycles. The third-order valence-electron chi connectivity index (χ3n) is 3.58. The van der Waals surface area contributed by atoms with Crippen LogP contribution in [-0.4, -0.2) is 31.8 Å². The highest BCUT2D eigenvalue weighted by Crippen LogP contribution is 2.29. The average molecular weight is 458 g/mol. The normalized spacial score (nSPS) is 11.9. The van der Waals surface area contributed by atoms with E-state index in [2.05, 4.69) is 32.6 Å². The van der Waals surface area contributed by atoms with Gasteiger partial charge in [-0.2, -0.15) is 0 Å². The molecule has 0 atom stereocenters. The van der Waals surface area contributed by atoms with E-state index in [9.17, 15) is 5.11 Å². The van der Waals surface area contributed by atoms with Crippen LogP contribution < -0.4 is 4.74 Å². The van der Waals surface area contributed by atoms with Crippen molar-refractivity contribution in [2.24, 2.45) is 0 Å². The fourth-order valence-electron chi connectivity index (χ4n) is 2.31. The third kappa shape index (κ3) is 3.81. The monoisotopic (exact) mass is 457 g/mol. The molecule has 0 radical (unpaired) electrons. The first kappa shape index (κ1) is 17.4. The largest absolute Gasteiger partial charge is 0.493 e. The molecule has 2 aromatic heterocycles. The lowest BCUT2D eigenvalue weighted by Gasteiger charge is -2.17. The number of halogens is 2. The Morgan fingerprint density at radius 3 is 2.62 bits per heavy atom. The summed E-state index contributed by atoms with van der Waals surface area (Å²) in [5, 5.41) is 10.1. The zero-order valence-corrected chi connectivity index (χ0v) is 16.2. The first-order valence-corrected chi connectivity index (χ1v) is 8.93. The molecular weight excluding hydrogens is 441 g/mol. The maximum absolute atomic E-state index is 9.71. The molecule has 0 amide bonds. The summed E-state index contributed by atoms with van der Waals surface area (Å²) in [4.78, 5) is 8.37. The molecule has 2 heterocycles. The first-order valence-electron chi connectivity index (χ1n) is 7.48. The number of rotatable bonds is 5. The van der Waals surface area contributed by atoms with Crippen LogP contribution in [0.25, 0.3) is 16.7 Å². The molecule has 0 aliphatic rings. The minimum Gasteiger partial charge on any atom is -0.493 e. The molecule has 3 rings (SSSR count). The van der Waals surface area contributed by atoms with Gasteiger partial charge in [0, 0.05) is 18.3 Å². The standard InChI is InChI=1S/C17H17ClIN3O2/c1-17(2,23)7-8-24-12-5-3-11(4-6-12)22-9-13(19)14-15(22)16(18)21-10-20-14/h3-6,9-10,23H,7-8H2,1-2H3. The van der Waals surface area contributed by atoms with Crippen molar-refractivity contribution >= 4 is 45.2 Å². The Bertz CT molecular complexity index is 857. The van der Waals surface area contributed by atoms with Gasteiger partial charge in [-0.1, -0.05) is 11.6 Å². The van der Waals surface area contributed by atoms with Crippen molar-refractivity contribution in [1.82, 2.24) is 14.5 Å². The summed E-state index contributed by atoms with van der Waals surface area (Å²) in [6.45, 7) is 4.00. The van der Waals surface area contributed by atoms with Crippen molar-refractivity contribution in [2.45, 2.75) is 25.9 Å². The second kappa shape index (κ2) is 6.85. The number of aliphatic hydroxyl groups is 1. The molecular formula is C17H17ClIN3O2. The van der Waals surface area contributed by atoms with Crippen LogP contribution in [0.4, 0.5) is 0 Å². The molecule has 0 bridgehead atoms. The molecule has 0 spiro atoms. The van der Waals surface area contributed by atoms with E-state index in [0.717, 1.165) is 26.0 Å². The van der Waals surface area contributed by atoms with E-state index in [0.29, 0.717) is 18.2 Å². The zero-order chi connectivity index (χ0) is 17.3. The van der Waals surface area contributed by atoms with Gasteiger partial charge < -0.3 is 14.4 Å². The molecule has 24 heavy (non-hydrogen) atoms. The molecule has 0 unspecified atom stereocenters. The lowest BCUT2D eigenvalue weighted by atomic mass is 10.1. The SMILES string of the molecule is CC(C)(O)CCOc1ccc(-n2cc(I)c3ncnc(Cl)c32)cc1. The minimum absolute atomic E-state index is 0.424. The molecule has 1 N–H and O–H groups in total. The van der Waals surface area contributed by atoms with Crippen molar-refractivity contribution in [2.75, 3.05) is 6.61 Å². The highest BCUT2D eigenvalue weighted by Gasteiger charge is 2.14. The van der Waals surface area contributed by atoms with Crippen LogP contribution in [0.3, 0.4) is 0 Å². The smallest absolute Gasteiger partial charge is 0.157 e. The van der Waals surface area contributed by atoms with Crippen molar-refractivity contribution < 1.29 is 9.84 Å². The molecule has 0 aliphatic carbocycles. The number of benzene rings is 1. The molecule has 1 aromatic carbocycles. The van der Waals surface area contributed by atoms with Crippen LogP contribution in [0.5, 0.6) is 5.75 Å². The molecule has 126 valence electrons. The van der Waals surface area contributed by atoms with E-state index >= 15 is 0 Å². The number of fused-ring (bicyclic) bond motifs is 1. The summed E-state index contributed by atoms with van der Waals surface area (Å²) < 4.78 is 8.65. The van der Waals surface area contributed by atoms with Crippen molar-refractivity contribution in [3.8, 4) is 11.4 Å². The average Bonchev–Trinajstić information content (AvgIpc) is 2.85. The highest BCUT2D eigenvalue weighted by atomic mass is 127. The topological polar surface area (TPSA) is 60.2 Å². The van der Waals surface area contributed by atoms with Gasteiger partial charge in [-0.15, -0.1) is 0 Å². The Kier molecular flexibility index (Phi) is 4.98. The van der Waals surface area contributed by atoms with Gasteiger partial charge in [-0.3, -0.25) is 0 Å². The second-order valence-corrected chi connectivity index (χ2v) is 7.63. The van der Waals surface area contributed by atoms with Crippen LogP contribution in [0.2, 0.25) is 5.15 Å². The van der Waals surface area contributed by atoms with E-state index in [4.69, 9.17) is 16.3 Å². The van der Waals surface area contributed by atoms with E-state index in [-0.39, 0.29) is 0 Å². The van der Waals surface area contributed by atoms with Crippen LogP contribution in [0.1, 0.15) is 20.3 Å². The fraction of sp³-hybridized carbons (Fsp3) is 0.294. The number of ether oxygens (including phenoxy) is 1. The predicted molar refractivity (Wildman–Crippen MR) is 103 cm³/mol. The summed E-state index contributed by atoms with van der Waals surface area (Å²) in [5.41, 5.74) is 1.85. The second-order valence-electron chi connectivity index (χ2n) is 6.11. The molecule has 5 nitrogen and oxygen atoms in total. The summed E-state index contributed by atoms with van der Waals surface area (Å²) >= 11 is 8.48. The van der Waals surface area contributed by atoms with Gasteiger partial charge in [0.05, 0.1) is 15.8 Å². The molecule has 0 fully saturated rings. The molecule has 3 aromatic rings. The minimum atomic E-state index is -0.725. The first-order chi connectivity index (χ1) is 11.3. The van der Waals surface area contributed by atoms with Gasteiger partial charge >= 0.3 is 0 Å². The van der Waals surface area contributed by atoms with Gasteiger partial charge in [0.1, 0.15) is 23.1 Å².